The molecule has 1 aromatic heterocycles. The van der Waals surface area contributed by atoms with Crippen molar-refractivity contribution in [3.8, 4) is 11.4 Å². The van der Waals surface area contributed by atoms with Crippen molar-refractivity contribution < 1.29 is 4.79 Å². The van der Waals surface area contributed by atoms with Gasteiger partial charge in [0.1, 0.15) is 0 Å². The summed E-state index contributed by atoms with van der Waals surface area (Å²) >= 11 is 0. The average Bonchev–Trinajstić information content (AvgIpc) is 2.93. The lowest BCUT2D eigenvalue weighted by atomic mass is 9.77. The number of rotatable bonds is 1. The fraction of sp³-hybridized carbons (Fsp3) is 0.421. The molecule has 1 unspecified atom stereocenters. The van der Waals surface area contributed by atoms with E-state index in [1.54, 1.807) is 6.92 Å². The fourth-order valence-corrected chi connectivity index (χ4v) is 4.07. The van der Waals surface area contributed by atoms with Gasteiger partial charge in [-0.2, -0.15) is 0 Å². The predicted octanol–water partition coefficient (Wildman–Crippen LogP) is 2.97. The first-order valence-corrected chi connectivity index (χ1v) is 8.35. The van der Waals surface area contributed by atoms with Gasteiger partial charge in [0.25, 0.3) is 0 Å². The predicted molar refractivity (Wildman–Crippen MR) is 89.0 cm³/mol. The summed E-state index contributed by atoms with van der Waals surface area (Å²) in [6, 6.07) is 10.1. The number of aryl methyl sites for hydroxylation is 1. The van der Waals surface area contributed by atoms with E-state index in [0.29, 0.717) is 0 Å². The van der Waals surface area contributed by atoms with E-state index in [1.807, 2.05) is 41.4 Å². The van der Waals surface area contributed by atoms with E-state index in [4.69, 9.17) is 4.98 Å². The highest BCUT2D eigenvalue weighted by atomic mass is 16.2. The van der Waals surface area contributed by atoms with Gasteiger partial charge in [-0.25, -0.2) is 9.97 Å². The van der Waals surface area contributed by atoms with Crippen LogP contribution in [0.1, 0.15) is 37.4 Å². The number of hydrogen-bond acceptors (Lipinski definition) is 3. The molecule has 4 nitrogen and oxygen atoms in total. The number of nitrogens with zero attached hydrogens (tertiary/aromatic N) is 3. The van der Waals surface area contributed by atoms with Crippen molar-refractivity contribution in [2.75, 3.05) is 13.1 Å². The van der Waals surface area contributed by atoms with Crippen LogP contribution in [-0.4, -0.2) is 33.9 Å². The van der Waals surface area contributed by atoms with Crippen molar-refractivity contribution in [3.63, 3.8) is 0 Å². The fourth-order valence-electron chi connectivity index (χ4n) is 4.07. The zero-order valence-electron chi connectivity index (χ0n) is 13.5. The maximum atomic E-state index is 11.8. The molecule has 2 aromatic rings. The maximum Gasteiger partial charge on any atom is 0.219 e. The van der Waals surface area contributed by atoms with Crippen molar-refractivity contribution in [2.45, 2.75) is 38.0 Å². The standard InChI is InChI=1S/C19H21N3O/c1-14(23)22-11-5-9-19(13-22)10-8-16-12-20-18(21-17(16)19)15-6-3-2-4-7-15/h2-4,6-7,12H,5,8-11,13H2,1H3. The van der Waals surface area contributed by atoms with Gasteiger partial charge < -0.3 is 4.90 Å². The maximum absolute atomic E-state index is 11.8. The monoisotopic (exact) mass is 307 g/mol. The second-order valence-electron chi connectivity index (χ2n) is 6.76. The Hall–Kier alpha value is -2.23. The molecule has 0 saturated carbocycles. The molecule has 2 aliphatic rings. The van der Waals surface area contributed by atoms with E-state index in [2.05, 4.69) is 4.98 Å². The van der Waals surface area contributed by atoms with Crippen LogP contribution in [-0.2, 0) is 16.6 Å². The SMILES string of the molecule is CC(=O)N1CCCC2(CCc3cnc(-c4ccccc4)nc32)C1. The Labute approximate surface area is 136 Å². The first-order valence-electron chi connectivity index (χ1n) is 8.35. The average molecular weight is 307 g/mol. The molecule has 4 heteroatoms. The number of hydrogen-bond donors (Lipinski definition) is 0. The third kappa shape index (κ3) is 2.42. The summed E-state index contributed by atoms with van der Waals surface area (Å²) in [6.07, 6.45) is 6.28. The molecule has 1 aliphatic heterocycles. The number of likely N-dealkylation sites (tertiary alicyclic amines) is 1. The number of aromatic nitrogens is 2. The molecule has 0 N–H and O–H groups in total. The Kier molecular flexibility index (Phi) is 3.40. The molecular formula is C19H21N3O. The molecule has 2 heterocycles. The lowest BCUT2D eigenvalue weighted by Gasteiger charge is -2.40. The van der Waals surface area contributed by atoms with Crippen LogP contribution in [0.4, 0.5) is 0 Å². The van der Waals surface area contributed by atoms with Gasteiger partial charge in [0, 0.05) is 37.2 Å². The summed E-state index contributed by atoms with van der Waals surface area (Å²) in [5, 5.41) is 0. The van der Waals surface area contributed by atoms with Crippen LogP contribution in [0, 0.1) is 0 Å². The highest BCUT2D eigenvalue weighted by Crippen LogP contribution is 2.44. The molecule has 1 aromatic carbocycles. The third-order valence-electron chi connectivity index (χ3n) is 5.29. The van der Waals surface area contributed by atoms with Crippen molar-refractivity contribution in [1.29, 1.82) is 0 Å². The minimum atomic E-state index is 0.0335. The molecule has 1 saturated heterocycles. The smallest absolute Gasteiger partial charge is 0.219 e. The molecule has 23 heavy (non-hydrogen) atoms. The number of benzene rings is 1. The van der Waals surface area contributed by atoms with Gasteiger partial charge in [-0.1, -0.05) is 30.3 Å². The zero-order valence-corrected chi connectivity index (χ0v) is 13.5. The Bertz CT molecular complexity index is 740. The Morgan fingerprint density at radius 1 is 1.22 bits per heavy atom. The van der Waals surface area contributed by atoms with E-state index < -0.39 is 0 Å². The Balaban J connectivity index is 1.74. The highest BCUT2D eigenvalue weighted by Gasteiger charge is 2.44. The number of carbonyl (C=O) groups is 1. The molecule has 0 radical (unpaired) electrons. The normalized spacial score (nSPS) is 23.1. The van der Waals surface area contributed by atoms with Crippen LogP contribution in [0.5, 0.6) is 0 Å². The van der Waals surface area contributed by atoms with Crippen LogP contribution < -0.4 is 0 Å². The van der Waals surface area contributed by atoms with Gasteiger partial charge in [-0.15, -0.1) is 0 Å². The van der Waals surface area contributed by atoms with Gasteiger partial charge in [0.05, 0.1) is 5.69 Å². The summed E-state index contributed by atoms with van der Waals surface area (Å²) in [6.45, 7) is 3.36. The number of piperidine rings is 1. The van der Waals surface area contributed by atoms with Gasteiger partial charge >= 0.3 is 0 Å². The van der Waals surface area contributed by atoms with Crippen LogP contribution in [0.2, 0.25) is 0 Å². The van der Waals surface area contributed by atoms with Crippen LogP contribution >= 0.6 is 0 Å². The topological polar surface area (TPSA) is 46.1 Å². The Morgan fingerprint density at radius 2 is 2.04 bits per heavy atom. The van der Waals surface area contributed by atoms with Crippen LogP contribution in [0.15, 0.2) is 36.5 Å². The minimum absolute atomic E-state index is 0.0335. The third-order valence-corrected chi connectivity index (χ3v) is 5.29. The van der Waals surface area contributed by atoms with E-state index >= 15 is 0 Å². The van der Waals surface area contributed by atoms with E-state index in [0.717, 1.165) is 50.2 Å². The number of carbonyl (C=O) groups excluding carboxylic acids is 1. The van der Waals surface area contributed by atoms with Crippen molar-refractivity contribution in [3.05, 3.63) is 47.8 Å². The van der Waals surface area contributed by atoms with Gasteiger partial charge in [-0.05, 0) is 31.2 Å². The second kappa shape index (κ2) is 5.44. The molecular weight excluding hydrogens is 286 g/mol. The Morgan fingerprint density at radius 3 is 2.83 bits per heavy atom. The molecule has 1 aliphatic carbocycles. The summed E-state index contributed by atoms with van der Waals surface area (Å²) in [5.74, 6) is 0.973. The van der Waals surface area contributed by atoms with Gasteiger partial charge in [-0.3, -0.25) is 4.79 Å². The largest absolute Gasteiger partial charge is 0.342 e. The molecule has 0 bridgehead atoms. The number of fused-ring (bicyclic) bond motifs is 2. The molecule has 4 rings (SSSR count). The molecule has 1 amide bonds. The summed E-state index contributed by atoms with van der Waals surface area (Å²) < 4.78 is 0. The summed E-state index contributed by atoms with van der Waals surface area (Å²) in [4.78, 5) is 23.3. The van der Waals surface area contributed by atoms with Crippen LogP contribution in [0.25, 0.3) is 11.4 Å². The quantitative estimate of drug-likeness (QED) is 0.813. The van der Waals surface area contributed by atoms with E-state index in [9.17, 15) is 4.79 Å². The van der Waals surface area contributed by atoms with E-state index in [1.165, 1.54) is 11.3 Å². The first kappa shape index (κ1) is 14.4. The highest BCUT2D eigenvalue weighted by molar-refractivity contribution is 5.73. The zero-order chi connectivity index (χ0) is 15.9. The molecule has 1 fully saturated rings. The molecule has 1 spiro atoms. The van der Waals surface area contributed by atoms with Crippen LogP contribution in [0.3, 0.4) is 0 Å². The summed E-state index contributed by atoms with van der Waals surface area (Å²) in [7, 11) is 0. The lowest BCUT2D eigenvalue weighted by molar-refractivity contribution is -0.131. The summed E-state index contributed by atoms with van der Waals surface area (Å²) in [5.41, 5.74) is 3.52. The molecule has 1 atom stereocenters. The van der Waals surface area contributed by atoms with Crippen molar-refractivity contribution >= 4 is 5.91 Å². The van der Waals surface area contributed by atoms with E-state index in [-0.39, 0.29) is 11.3 Å². The van der Waals surface area contributed by atoms with Crippen molar-refractivity contribution in [1.82, 2.24) is 14.9 Å². The lowest BCUT2D eigenvalue weighted by Crippen LogP contribution is -2.47. The minimum Gasteiger partial charge on any atom is -0.342 e. The van der Waals surface area contributed by atoms with Gasteiger partial charge in [0.2, 0.25) is 5.91 Å². The molecule has 118 valence electrons. The van der Waals surface area contributed by atoms with Gasteiger partial charge in [0.15, 0.2) is 5.82 Å². The van der Waals surface area contributed by atoms with Crippen molar-refractivity contribution in [2.24, 2.45) is 0 Å². The second-order valence-corrected chi connectivity index (χ2v) is 6.76. The first-order chi connectivity index (χ1) is 11.2. The number of amides is 1.